The van der Waals surface area contributed by atoms with Gasteiger partial charge in [-0.25, -0.2) is 0 Å². The lowest BCUT2D eigenvalue weighted by Gasteiger charge is -2.11. The van der Waals surface area contributed by atoms with Crippen molar-refractivity contribution in [3.8, 4) is 0 Å². The summed E-state index contributed by atoms with van der Waals surface area (Å²) in [6.45, 7) is 0.536. The third-order valence-electron chi connectivity index (χ3n) is 2.14. The molecule has 1 aliphatic rings. The van der Waals surface area contributed by atoms with Gasteiger partial charge in [0.1, 0.15) is 0 Å². The molecule has 1 fully saturated rings. The average Bonchev–Trinajstić information content (AvgIpc) is 2.70. The topological polar surface area (TPSA) is 18.5 Å². The van der Waals surface area contributed by atoms with Gasteiger partial charge in [-0.15, -0.1) is 11.6 Å². The summed E-state index contributed by atoms with van der Waals surface area (Å²) in [5, 5.41) is 0.672. The largest absolute Gasteiger partial charge is 0.346 e. The van der Waals surface area contributed by atoms with Crippen LogP contribution in [0.15, 0.2) is 22.7 Å². The molecule has 15 heavy (non-hydrogen) atoms. The molecular weight excluding hydrogens is 303 g/mol. The molecule has 0 spiro atoms. The Morgan fingerprint density at radius 3 is 2.87 bits per heavy atom. The van der Waals surface area contributed by atoms with Gasteiger partial charge in [0.2, 0.25) is 0 Å². The summed E-state index contributed by atoms with van der Waals surface area (Å²) in [7, 11) is 0. The van der Waals surface area contributed by atoms with Crippen LogP contribution in [0.4, 0.5) is 0 Å². The van der Waals surface area contributed by atoms with Crippen LogP contribution in [-0.2, 0) is 9.47 Å². The quantitative estimate of drug-likeness (QED) is 0.774. The zero-order valence-corrected chi connectivity index (χ0v) is 10.8. The summed E-state index contributed by atoms with van der Waals surface area (Å²) in [6.07, 6.45) is -0.353. The molecule has 5 heteroatoms. The van der Waals surface area contributed by atoms with Crippen LogP contribution in [0.5, 0.6) is 0 Å². The first-order chi connectivity index (χ1) is 7.20. The average molecular weight is 312 g/mol. The van der Waals surface area contributed by atoms with Gasteiger partial charge >= 0.3 is 0 Å². The Labute approximate surface area is 107 Å². The highest BCUT2D eigenvalue weighted by Gasteiger charge is 2.26. The zero-order valence-electron chi connectivity index (χ0n) is 7.75. The standard InChI is InChI=1S/C10H9BrCl2O2/c11-8-3-6(1-2-9(8)13)10-14-5-7(4-12)15-10/h1-3,7,10H,4-5H2. The highest BCUT2D eigenvalue weighted by atomic mass is 79.9. The first-order valence-electron chi connectivity index (χ1n) is 4.48. The van der Waals surface area contributed by atoms with Crippen molar-refractivity contribution in [1.82, 2.24) is 0 Å². The van der Waals surface area contributed by atoms with Crippen LogP contribution in [0.25, 0.3) is 0 Å². The third kappa shape index (κ3) is 2.66. The lowest BCUT2D eigenvalue weighted by molar-refractivity contribution is -0.0567. The predicted molar refractivity (Wildman–Crippen MR) is 63.4 cm³/mol. The second-order valence-electron chi connectivity index (χ2n) is 3.25. The summed E-state index contributed by atoms with van der Waals surface area (Å²) in [4.78, 5) is 0. The molecule has 2 atom stereocenters. The van der Waals surface area contributed by atoms with Gasteiger partial charge in [0.25, 0.3) is 0 Å². The van der Waals surface area contributed by atoms with E-state index in [4.69, 9.17) is 32.7 Å². The molecule has 0 aromatic heterocycles. The number of rotatable bonds is 2. The molecule has 0 radical (unpaired) electrons. The van der Waals surface area contributed by atoms with E-state index in [1.54, 1.807) is 0 Å². The Bertz CT molecular complexity index is 359. The maximum absolute atomic E-state index is 5.89. The van der Waals surface area contributed by atoms with Crippen LogP contribution in [0.2, 0.25) is 5.02 Å². The molecule has 0 saturated carbocycles. The lowest BCUT2D eigenvalue weighted by Crippen LogP contribution is -2.10. The van der Waals surface area contributed by atoms with Crippen molar-refractivity contribution in [2.45, 2.75) is 12.4 Å². The number of ether oxygens (including phenoxy) is 2. The molecule has 1 aliphatic heterocycles. The fraction of sp³-hybridized carbons (Fsp3) is 0.400. The molecule has 82 valence electrons. The van der Waals surface area contributed by atoms with Gasteiger partial charge < -0.3 is 9.47 Å². The summed E-state index contributed by atoms with van der Waals surface area (Å²) in [6, 6.07) is 5.58. The van der Waals surface area contributed by atoms with Crippen LogP contribution >= 0.6 is 39.1 Å². The minimum atomic E-state index is -0.331. The van der Waals surface area contributed by atoms with Crippen LogP contribution in [0, 0.1) is 0 Å². The van der Waals surface area contributed by atoms with E-state index in [2.05, 4.69) is 15.9 Å². The van der Waals surface area contributed by atoms with Crippen LogP contribution in [-0.4, -0.2) is 18.6 Å². The van der Waals surface area contributed by atoms with Crippen molar-refractivity contribution in [1.29, 1.82) is 0 Å². The molecule has 1 heterocycles. The number of halogens is 3. The molecule has 2 unspecified atom stereocenters. The summed E-state index contributed by atoms with van der Waals surface area (Å²) in [5.74, 6) is 0.450. The predicted octanol–water partition coefficient (Wildman–Crippen LogP) is 3.76. The van der Waals surface area contributed by atoms with Crippen LogP contribution in [0.1, 0.15) is 11.9 Å². The summed E-state index contributed by atoms with van der Waals surface area (Å²) in [5.41, 5.74) is 0.943. The van der Waals surface area contributed by atoms with Gasteiger partial charge in [-0.1, -0.05) is 17.7 Å². The van der Waals surface area contributed by atoms with Gasteiger partial charge in [-0.2, -0.15) is 0 Å². The highest BCUT2D eigenvalue weighted by Crippen LogP contribution is 2.31. The molecular formula is C10H9BrCl2O2. The van der Waals surface area contributed by atoms with E-state index in [0.29, 0.717) is 17.5 Å². The Morgan fingerprint density at radius 1 is 1.47 bits per heavy atom. The first-order valence-corrected chi connectivity index (χ1v) is 6.19. The second kappa shape index (κ2) is 5.02. The molecule has 0 amide bonds. The van der Waals surface area contributed by atoms with Gasteiger partial charge in [-0.3, -0.25) is 0 Å². The number of benzene rings is 1. The maximum Gasteiger partial charge on any atom is 0.184 e. The van der Waals surface area contributed by atoms with Gasteiger partial charge in [-0.05, 0) is 28.1 Å². The molecule has 2 rings (SSSR count). The third-order valence-corrected chi connectivity index (χ3v) is 3.70. The molecule has 0 bridgehead atoms. The van der Waals surface area contributed by atoms with E-state index in [0.717, 1.165) is 10.0 Å². The number of hydrogen-bond donors (Lipinski definition) is 0. The van der Waals surface area contributed by atoms with E-state index in [1.165, 1.54) is 0 Å². The Morgan fingerprint density at radius 2 is 2.27 bits per heavy atom. The molecule has 0 N–H and O–H groups in total. The summed E-state index contributed by atoms with van der Waals surface area (Å²) < 4.78 is 11.9. The van der Waals surface area contributed by atoms with Crippen molar-refractivity contribution in [2.24, 2.45) is 0 Å². The molecule has 1 aromatic rings. The molecule has 2 nitrogen and oxygen atoms in total. The monoisotopic (exact) mass is 310 g/mol. The van der Waals surface area contributed by atoms with Crippen molar-refractivity contribution < 1.29 is 9.47 Å². The minimum Gasteiger partial charge on any atom is -0.346 e. The second-order valence-corrected chi connectivity index (χ2v) is 4.82. The molecule has 0 aliphatic carbocycles. The minimum absolute atomic E-state index is 0.0221. The van der Waals surface area contributed by atoms with Crippen molar-refractivity contribution in [3.05, 3.63) is 33.3 Å². The van der Waals surface area contributed by atoms with E-state index in [-0.39, 0.29) is 12.4 Å². The zero-order chi connectivity index (χ0) is 10.8. The summed E-state index contributed by atoms with van der Waals surface area (Å²) >= 11 is 14.9. The molecule has 1 aromatic carbocycles. The Kier molecular flexibility index (Phi) is 3.91. The van der Waals surface area contributed by atoms with E-state index >= 15 is 0 Å². The van der Waals surface area contributed by atoms with Crippen molar-refractivity contribution >= 4 is 39.1 Å². The van der Waals surface area contributed by atoms with Crippen LogP contribution < -0.4 is 0 Å². The smallest absolute Gasteiger partial charge is 0.184 e. The maximum atomic E-state index is 5.89. The van der Waals surface area contributed by atoms with Crippen molar-refractivity contribution in [2.75, 3.05) is 12.5 Å². The fourth-order valence-corrected chi connectivity index (χ4v) is 2.04. The van der Waals surface area contributed by atoms with Gasteiger partial charge in [0.05, 0.1) is 23.6 Å². The van der Waals surface area contributed by atoms with E-state index in [1.807, 2.05) is 18.2 Å². The normalized spacial score (nSPS) is 25.8. The van der Waals surface area contributed by atoms with E-state index in [9.17, 15) is 0 Å². The lowest BCUT2D eigenvalue weighted by atomic mass is 10.2. The SMILES string of the molecule is ClCC1COC(c2ccc(Cl)c(Br)c2)O1. The number of hydrogen-bond acceptors (Lipinski definition) is 2. The van der Waals surface area contributed by atoms with Gasteiger partial charge in [0, 0.05) is 10.0 Å². The number of alkyl halides is 1. The van der Waals surface area contributed by atoms with E-state index < -0.39 is 0 Å². The molecule has 1 saturated heterocycles. The highest BCUT2D eigenvalue weighted by molar-refractivity contribution is 9.10. The van der Waals surface area contributed by atoms with Crippen LogP contribution in [0.3, 0.4) is 0 Å². The van der Waals surface area contributed by atoms with Crippen molar-refractivity contribution in [3.63, 3.8) is 0 Å². The Hall–Kier alpha value is 0.200. The Balaban J connectivity index is 2.13. The first kappa shape index (κ1) is 11.7. The fourth-order valence-electron chi connectivity index (χ4n) is 1.36. The van der Waals surface area contributed by atoms with Gasteiger partial charge in [0.15, 0.2) is 6.29 Å².